The molecule has 4 rings (SSSR count). The highest BCUT2D eigenvalue weighted by Gasteiger charge is 2.36. The van der Waals surface area contributed by atoms with Gasteiger partial charge in [-0.1, -0.05) is 30.3 Å². The lowest BCUT2D eigenvalue weighted by Crippen LogP contribution is -2.55. The second-order valence-corrected chi connectivity index (χ2v) is 6.72. The zero-order chi connectivity index (χ0) is 18.8. The van der Waals surface area contributed by atoms with E-state index < -0.39 is 0 Å². The Morgan fingerprint density at radius 1 is 1.15 bits per heavy atom. The van der Waals surface area contributed by atoms with E-state index in [1.54, 1.807) is 18.2 Å². The molecular formula is C21H21N3O3. The molecule has 1 fully saturated rings. The number of carbonyl (C=O) groups is 2. The number of benzene rings is 2. The molecule has 2 amide bonds. The number of fused-ring (bicyclic) bond motifs is 1. The van der Waals surface area contributed by atoms with Crippen LogP contribution in [0.3, 0.4) is 0 Å². The van der Waals surface area contributed by atoms with Gasteiger partial charge in [0.25, 0.3) is 5.91 Å². The first-order valence-electron chi connectivity index (χ1n) is 8.92. The topological polar surface area (TPSA) is 74.4 Å². The number of rotatable bonds is 5. The van der Waals surface area contributed by atoms with Crippen LogP contribution in [0.5, 0.6) is 5.75 Å². The molecule has 2 aromatic carbocycles. The van der Waals surface area contributed by atoms with E-state index in [1.807, 2.05) is 48.5 Å². The Morgan fingerprint density at radius 2 is 1.89 bits per heavy atom. The number of carbonyl (C=O) groups excluding carboxylic acids is 2. The predicted molar refractivity (Wildman–Crippen MR) is 103 cm³/mol. The number of nitrogens with one attached hydrogen (secondary N) is 2. The van der Waals surface area contributed by atoms with Crippen LogP contribution in [0.1, 0.15) is 15.9 Å². The van der Waals surface area contributed by atoms with Gasteiger partial charge in [0.1, 0.15) is 5.75 Å². The Bertz CT molecular complexity index is 972. The number of likely N-dealkylation sites (tertiary alicyclic amines) is 1. The third-order valence-corrected chi connectivity index (χ3v) is 4.99. The average Bonchev–Trinajstić information content (AvgIpc) is 3.09. The molecule has 1 saturated heterocycles. The van der Waals surface area contributed by atoms with Crippen LogP contribution < -0.4 is 10.1 Å². The molecule has 0 spiro atoms. The number of amides is 2. The molecule has 1 aliphatic rings. The van der Waals surface area contributed by atoms with E-state index >= 15 is 0 Å². The number of hydrogen-bond donors (Lipinski definition) is 2. The maximum Gasteiger partial charge on any atom is 0.256 e. The Labute approximate surface area is 157 Å². The van der Waals surface area contributed by atoms with Crippen molar-refractivity contribution < 1.29 is 14.3 Å². The molecule has 2 N–H and O–H groups in total. The van der Waals surface area contributed by atoms with Gasteiger partial charge in [0, 0.05) is 36.7 Å². The van der Waals surface area contributed by atoms with Crippen LogP contribution in [0.2, 0.25) is 0 Å². The third-order valence-electron chi connectivity index (χ3n) is 4.99. The van der Waals surface area contributed by atoms with Gasteiger partial charge in [0.15, 0.2) is 0 Å². The van der Waals surface area contributed by atoms with Crippen LogP contribution in [0, 0.1) is 5.92 Å². The van der Waals surface area contributed by atoms with Crippen molar-refractivity contribution in [2.24, 2.45) is 5.92 Å². The minimum Gasteiger partial charge on any atom is -0.497 e. The van der Waals surface area contributed by atoms with Crippen LogP contribution in [0.25, 0.3) is 10.9 Å². The van der Waals surface area contributed by atoms with Crippen LogP contribution >= 0.6 is 0 Å². The molecule has 1 aliphatic heterocycles. The fourth-order valence-corrected chi connectivity index (χ4v) is 3.31. The van der Waals surface area contributed by atoms with Gasteiger partial charge in [-0.2, -0.15) is 0 Å². The normalized spacial score (nSPS) is 14.0. The molecule has 2 heterocycles. The smallest absolute Gasteiger partial charge is 0.256 e. The van der Waals surface area contributed by atoms with Crippen molar-refractivity contribution in [3.8, 4) is 5.75 Å². The van der Waals surface area contributed by atoms with Gasteiger partial charge < -0.3 is 19.9 Å². The molecule has 0 aliphatic carbocycles. The Hall–Kier alpha value is -3.28. The first-order valence-corrected chi connectivity index (χ1v) is 8.92. The predicted octanol–water partition coefficient (Wildman–Crippen LogP) is 2.56. The highest BCUT2D eigenvalue weighted by molar-refractivity contribution is 6.07. The molecule has 27 heavy (non-hydrogen) atoms. The Balaban J connectivity index is 1.30. The monoisotopic (exact) mass is 363 g/mol. The van der Waals surface area contributed by atoms with E-state index in [2.05, 4.69) is 10.3 Å². The lowest BCUT2D eigenvalue weighted by atomic mass is 9.97. The maximum atomic E-state index is 12.7. The number of nitrogens with zero attached hydrogens (tertiary/aromatic N) is 1. The zero-order valence-electron chi connectivity index (χ0n) is 15.1. The van der Waals surface area contributed by atoms with E-state index in [-0.39, 0.29) is 17.7 Å². The summed E-state index contributed by atoms with van der Waals surface area (Å²) in [6.45, 7) is 1.37. The van der Waals surface area contributed by atoms with Crippen molar-refractivity contribution in [1.82, 2.24) is 15.2 Å². The number of H-pyrrole nitrogens is 1. The summed E-state index contributed by atoms with van der Waals surface area (Å²) in [5, 5.41) is 3.85. The van der Waals surface area contributed by atoms with Gasteiger partial charge in [-0.15, -0.1) is 0 Å². The van der Waals surface area contributed by atoms with E-state index in [4.69, 9.17) is 4.74 Å². The fourth-order valence-electron chi connectivity index (χ4n) is 3.31. The molecule has 3 aromatic rings. The summed E-state index contributed by atoms with van der Waals surface area (Å²) in [4.78, 5) is 29.8. The SMILES string of the molecule is COc1ccc(CNC(=O)C2CN(C(=O)c3c[nH]c4ccccc34)C2)cc1. The van der Waals surface area contributed by atoms with E-state index in [1.165, 1.54) is 0 Å². The minimum absolute atomic E-state index is 0.0196. The number of ether oxygens (including phenoxy) is 1. The fraction of sp³-hybridized carbons (Fsp3) is 0.238. The lowest BCUT2D eigenvalue weighted by Gasteiger charge is -2.38. The van der Waals surface area contributed by atoms with Gasteiger partial charge in [-0.05, 0) is 23.8 Å². The summed E-state index contributed by atoms with van der Waals surface area (Å²) in [5.74, 6) is 0.577. The molecule has 0 atom stereocenters. The molecule has 0 saturated carbocycles. The second kappa shape index (κ2) is 7.15. The number of aromatic nitrogens is 1. The molecule has 0 radical (unpaired) electrons. The second-order valence-electron chi connectivity index (χ2n) is 6.72. The van der Waals surface area contributed by atoms with Crippen molar-refractivity contribution in [1.29, 1.82) is 0 Å². The minimum atomic E-state index is -0.155. The molecule has 6 nitrogen and oxygen atoms in total. The zero-order valence-corrected chi connectivity index (χ0v) is 15.1. The largest absolute Gasteiger partial charge is 0.497 e. The highest BCUT2D eigenvalue weighted by Crippen LogP contribution is 2.24. The number of methoxy groups -OCH3 is 1. The lowest BCUT2D eigenvalue weighted by molar-refractivity contribution is -0.129. The summed E-state index contributed by atoms with van der Waals surface area (Å²) in [6.07, 6.45) is 1.74. The standard InChI is InChI=1S/C21H21N3O3/c1-27-16-8-6-14(7-9-16)10-23-20(25)15-12-24(13-15)21(26)18-11-22-19-5-3-2-4-17(18)19/h2-9,11,15,22H,10,12-13H2,1H3,(H,23,25). The van der Waals surface area contributed by atoms with E-state index in [0.29, 0.717) is 25.2 Å². The Kier molecular flexibility index (Phi) is 4.54. The van der Waals surface area contributed by atoms with Crippen molar-refractivity contribution in [3.05, 3.63) is 65.9 Å². The number of para-hydroxylation sites is 1. The molecule has 1 aromatic heterocycles. The first-order chi connectivity index (χ1) is 13.2. The number of aromatic amines is 1. The van der Waals surface area contributed by atoms with Crippen LogP contribution in [-0.4, -0.2) is 41.9 Å². The molecule has 0 unspecified atom stereocenters. The van der Waals surface area contributed by atoms with Crippen molar-refractivity contribution in [2.45, 2.75) is 6.54 Å². The number of hydrogen-bond acceptors (Lipinski definition) is 3. The van der Waals surface area contributed by atoms with E-state index in [0.717, 1.165) is 22.2 Å². The molecule has 6 heteroatoms. The van der Waals surface area contributed by atoms with Gasteiger partial charge in [-0.3, -0.25) is 9.59 Å². The molecule has 0 bridgehead atoms. The molecular weight excluding hydrogens is 342 g/mol. The van der Waals surface area contributed by atoms with E-state index in [9.17, 15) is 9.59 Å². The van der Waals surface area contributed by atoms with Crippen molar-refractivity contribution in [2.75, 3.05) is 20.2 Å². The van der Waals surface area contributed by atoms with Crippen molar-refractivity contribution >= 4 is 22.7 Å². The van der Waals surface area contributed by atoms with Crippen LogP contribution in [-0.2, 0) is 11.3 Å². The van der Waals surface area contributed by atoms with Gasteiger partial charge >= 0.3 is 0 Å². The summed E-state index contributed by atoms with van der Waals surface area (Å²) < 4.78 is 5.12. The van der Waals surface area contributed by atoms with Gasteiger partial charge in [-0.25, -0.2) is 0 Å². The quantitative estimate of drug-likeness (QED) is 0.732. The van der Waals surface area contributed by atoms with Crippen LogP contribution in [0.15, 0.2) is 54.7 Å². The summed E-state index contributed by atoms with van der Waals surface area (Å²) >= 11 is 0. The summed E-state index contributed by atoms with van der Waals surface area (Å²) in [7, 11) is 1.62. The molecule has 138 valence electrons. The van der Waals surface area contributed by atoms with Gasteiger partial charge in [0.2, 0.25) is 5.91 Å². The average molecular weight is 363 g/mol. The Morgan fingerprint density at radius 3 is 2.63 bits per heavy atom. The van der Waals surface area contributed by atoms with Crippen molar-refractivity contribution in [3.63, 3.8) is 0 Å². The highest BCUT2D eigenvalue weighted by atomic mass is 16.5. The summed E-state index contributed by atoms with van der Waals surface area (Å²) in [5.41, 5.74) is 2.60. The summed E-state index contributed by atoms with van der Waals surface area (Å²) in [6, 6.07) is 15.3. The first kappa shape index (κ1) is 17.1. The maximum absolute atomic E-state index is 12.7. The third kappa shape index (κ3) is 3.38. The van der Waals surface area contributed by atoms with Gasteiger partial charge in [0.05, 0.1) is 18.6 Å². The van der Waals surface area contributed by atoms with Crippen LogP contribution in [0.4, 0.5) is 0 Å².